The number of aromatic hydroxyl groups is 1. The minimum absolute atomic E-state index is 0.0579. The largest absolute Gasteiger partial charge is 0.506 e. The first kappa shape index (κ1) is 20.4. The van der Waals surface area contributed by atoms with E-state index in [1.807, 2.05) is 43.3 Å². The molecule has 0 bridgehead atoms. The van der Waals surface area contributed by atoms with E-state index >= 15 is 0 Å². The van der Waals surface area contributed by atoms with E-state index in [-0.39, 0.29) is 5.75 Å². The normalized spacial score (nSPS) is 11.7. The van der Waals surface area contributed by atoms with Crippen LogP contribution in [0.15, 0.2) is 87.4 Å². The number of benzene rings is 4. The van der Waals surface area contributed by atoms with Crippen LogP contribution < -0.4 is 0 Å². The lowest BCUT2D eigenvalue weighted by Crippen LogP contribution is -1.90. The lowest BCUT2D eigenvalue weighted by atomic mass is 9.93. The van der Waals surface area contributed by atoms with Gasteiger partial charge in [-0.2, -0.15) is 0 Å². The Balaban J connectivity index is 1.63. The SMILES string of the molecule is Cc1ccc(C)c(-c2cc(C)c(N=NN=Nc3c(O)ccc4ccccc34)cc2C)c1. The highest BCUT2D eigenvalue weighted by atomic mass is 16.3. The van der Waals surface area contributed by atoms with Crippen molar-refractivity contribution in [1.82, 2.24) is 0 Å². The van der Waals surface area contributed by atoms with Gasteiger partial charge < -0.3 is 5.11 Å². The van der Waals surface area contributed by atoms with Crippen molar-refractivity contribution in [2.45, 2.75) is 27.7 Å². The van der Waals surface area contributed by atoms with Gasteiger partial charge in [0.1, 0.15) is 11.4 Å². The second kappa shape index (κ2) is 8.48. The Hall–Kier alpha value is -3.86. The van der Waals surface area contributed by atoms with Crippen LogP contribution in [0.1, 0.15) is 22.3 Å². The Kier molecular flexibility index (Phi) is 5.58. The Morgan fingerprint density at radius 1 is 0.645 bits per heavy atom. The topological polar surface area (TPSA) is 69.7 Å². The van der Waals surface area contributed by atoms with Gasteiger partial charge in [-0.25, -0.2) is 0 Å². The fraction of sp³-hybridized carbons (Fsp3) is 0.154. The van der Waals surface area contributed by atoms with Crippen molar-refractivity contribution in [1.29, 1.82) is 0 Å². The van der Waals surface area contributed by atoms with Gasteiger partial charge in [-0.15, -0.1) is 10.2 Å². The minimum atomic E-state index is 0.0579. The summed E-state index contributed by atoms with van der Waals surface area (Å²) in [6.45, 7) is 8.31. The molecule has 0 aliphatic rings. The molecule has 31 heavy (non-hydrogen) atoms. The molecule has 0 spiro atoms. The average Bonchev–Trinajstić information content (AvgIpc) is 2.76. The summed E-state index contributed by atoms with van der Waals surface area (Å²) in [4.78, 5) is 0. The Labute approximate surface area is 181 Å². The lowest BCUT2D eigenvalue weighted by molar-refractivity contribution is 0.477. The van der Waals surface area contributed by atoms with E-state index in [9.17, 15) is 5.11 Å². The number of phenolic OH excluding ortho intramolecular Hbond substituents is 1. The molecule has 0 saturated heterocycles. The molecule has 0 saturated carbocycles. The molecule has 0 aliphatic carbocycles. The maximum Gasteiger partial charge on any atom is 0.143 e. The summed E-state index contributed by atoms with van der Waals surface area (Å²) in [6.07, 6.45) is 0. The van der Waals surface area contributed by atoms with E-state index in [1.54, 1.807) is 6.07 Å². The van der Waals surface area contributed by atoms with Crippen LogP contribution in [0.4, 0.5) is 11.4 Å². The van der Waals surface area contributed by atoms with Gasteiger partial charge in [0, 0.05) is 5.39 Å². The van der Waals surface area contributed by atoms with Gasteiger partial charge in [-0.3, -0.25) is 0 Å². The summed E-state index contributed by atoms with van der Waals surface area (Å²) in [5.74, 6) is 0.0579. The van der Waals surface area contributed by atoms with Crippen LogP contribution in [0.3, 0.4) is 0 Å². The lowest BCUT2D eigenvalue weighted by Gasteiger charge is -2.12. The fourth-order valence-corrected chi connectivity index (χ4v) is 3.71. The number of fused-ring (bicyclic) bond motifs is 1. The van der Waals surface area contributed by atoms with Gasteiger partial charge in [-0.05, 0) is 89.5 Å². The molecule has 154 valence electrons. The van der Waals surface area contributed by atoms with Crippen molar-refractivity contribution in [2.75, 3.05) is 0 Å². The predicted molar refractivity (Wildman–Crippen MR) is 125 cm³/mol. The molecule has 0 aromatic heterocycles. The number of phenols is 1. The fourth-order valence-electron chi connectivity index (χ4n) is 3.71. The van der Waals surface area contributed by atoms with E-state index < -0.39 is 0 Å². The van der Waals surface area contributed by atoms with Gasteiger partial charge in [0.05, 0.1) is 5.69 Å². The van der Waals surface area contributed by atoms with Crippen LogP contribution in [-0.4, -0.2) is 5.11 Å². The molecule has 5 nitrogen and oxygen atoms in total. The van der Waals surface area contributed by atoms with E-state index in [0.29, 0.717) is 5.69 Å². The van der Waals surface area contributed by atoms with Gasteiger partial charge in [0.2, 0.25) is 0 Å². The van der Waals surface area contributed by atoms with Crippen LogP contribution in [0.2, 0.25) is 0 Å². The van der Waals surface area contributed by atoms with Crippen molar-refractivity contribution in [2.24, 2.45) is 20.7 Å². The number of aryl methyl sites for hydroxylation is 4. The molecule has 5 heteroatoms. The van der Waals surface area contributed by atoms with Crippen LogP contribution in [0.25, 0.3) is 21.9 Å². The molecule has 0 radical (unpaired) electrons. The molecule has 0 fully saturated rings. The minimum Gasteiger partial charge on any atom is -0.506 e. The Morgan fingerprint density at radius 2 is 1.39 bits per heavy atom. The van der Waals surface area contributed by atoms with Gasteiger partial charge in [-0.1, -0.05) is 54.1 Å². The molecule has 0 amide bonds. The van der Waals surface area contributed by atoms with E-state index in [4.69, 9.17) is 0 Å². The van der Waals surface area contributed by atoms with Crippen LogP contribution in [0, 0.1) is 27.7 Å². The van der Waals surface area contributed by atoms with Crippen molar-refractivity contribution in [3.8, 4) is 16.9 Å². The molecule has 0 aliphatic heterocycles. The molecular weight excluding hydrogens is 384 g/mol. The predicted octanol–water partition coefficient (Wildman–Crippen LogP) is 8.23. The van der Waals surface area contributed by atoms with Crippen molar-refractivity contribution in [3.05, 3.63) is 89.0 Å². The van der Waals surface area contributed by atoms with Crippen molar-refractivity contribution < 1.29 is 5.11 Å². The van der Waals surface area contributed by atoms with Crippen LogP contribution in [0.5, 0.6) is 5.75 Å². The summed E-state index contributed by atoms with van der Waals surface area (Å²) in [5.41, 5.74) is 8.16. The molecular formula is C26H24N4O. The third-order valence-corrected chi connectivity index (χ3v) is 5.44. The molecule has 0 heterocycles. The first-order valence-electron chi connectivity index (χ1n) is 10.2. The molecule has 4 aromatic carbocycles. The molecule has 0 atom stereocenters. The standard InChI is InChI=1S/C26H24N4O/c1-16-9-10-17(2)22(13-16)23-14-19(4)24(15-18(23)3)27-29-30-28-26-21-8-6-5-7-20(21)11-12-25(26)31/h5-15,31H,1-4H3. The zero-order valence-corrected chi connectivity index (χ0v) is 18.1. The summed E-state index contributed by atoms with van der Waals surface area (Å²) in [6, 6.07) is 21.8. The first-order valence-corrected chi connectivity index (χ1v) is 10.2. The average molecular weight is 409 g/mol. The molecule has 0 unspecified atom stereocenters. The second-order valence-corrected chi connectivity index (χ2v) is 7.81. The zero-order valence-electron chi connectivity index (χ0n) is 18.1. The van der Waals surface area contributed by atoms with E-state index in [2.05, 4.69) is 65.7 Å². The maximum atomic E-state index is 10.2. The van der Waals surface area contributed by atoms with E-state index in [1.165, 1.54) is 22.3 Å². The summed E-state index contributed by atoms with van der Waals surface area (Å²) in [7, 11) is 0. The van der Waals surface area contributed by atoms with Gasteiger partial charge in [0.25, 0.3) is 0 Å². The number of rotatable bonds is 4. The first-order chi connectivity index (χ1) is 14.9. The van der Waals surface area contributed by atoms with Crippen molar-refractivity contribution >= 4 is 22.1 Å². The summed E-state index contributed by atoms with van der Waals surface area (Å²) < 4.78 is 0. The third kappa shape index (κ3) is 4.21. The number of nitrogens with zero attached hydrogens (tertiary/aromatic N) is 4. The summed E-state index contributed by atoms with van der Waals surface area (Å²) in [5, 5.41) is 28.0. The third-order valence-electron chi connectivity index (χ3n) is 5.44. The highest BCUT2D eigenvalue weighted by Crippen LogP contribution is 2.36. The maximum absolute atomic E-state index is 10.2. The van der Waals surface area contributed by atoms with Gasteiger partial charge in [0.15, 0.2) is 0 Å². The molecule has 1 N–H and O–H groups in total. The second-order valence-electron chi connectivity index (χ2n) is 7.81. The summed E-state index contributed by atoms with van der Waals surface area (Å²) >= 11 is 0. The van der Waals surface area contributed by atoms with Crippen LogP contribution in [-0.2, 0) is 0 Å². The molecule has 4 rings (SSSR count). The van der Waals surface area contributed by atoms with Crippen LogP contribution >= 0.6 is 0 Å². The van der Waals surface area contributed by atoms with Gasteiger partial charge >= 0.3 is 0 Å². The van der Waals surface area contributed by atoms with E-state index in [0.717, 1.165) is 27.6 Å². The highest BCUT2D eigenvalue weighted by molar-refractivity contribution is 5.95. The molecule has 4 aromatic rings. The highest BCUT2D eigenvalue weighted by Gasteiger charge is 2.09. The number of hydrogen-bond donors (Lipinski definition) is 1. The quantitative estimate of drug-likeness (QED) is 0.268. The van der Waals surface area contributed by atoms with Crippen molar-refractivity contribution in [3.63, 3.8) is 0 Å². The Bertz CT molecular complexity index is 1340. The monoisotopic (exact) mass is 408 g/mol. The smallest absolute Gasteiger partial charge is 0.143 e. The zero-order chi connectivity index (χ0) is 22.0. The number of hydrogen-bond acceptors (Lipinski definition) is 3. The Morgan fingerprint density at radius 3 is 2.23 bits per heavy atom.